The second-order valence-corrected chi connectivity index (χ2v) is 6.98. The molecule has 148 valence electrons. The molecule has 0 aliphatic carbocycles. The van der Waals surface area contributed by atoms with Crippen molar-refractivity contribution in [2.75, 3.05) is 0 Å². The van der Waals surface area contributed by atoms with Crippen molar-refractivity contribution >= 4 is 28.0 Å². The lowest BCUT2D eigenvalue weighted by atomic mass is 10.1. The van der Waals surface area contributed by atoms with Crippen LogP contribution < -0.4 is 5.48 Å². The summed E-state index contributed by atoms with van der Waals surface area (Å²) in [6.07, 6.45) is 3.14. The minimum absolute atomic E-state index is 0.0959. The summed E-state index contributed by atoms with van der Waals surface area (Å²) in [6.45, 7) is 0.0959. The highest BCUT2D eigenvalue weighted by molar-refractivity contribution is 9.10. The van der Waals surface area contributed by atoms with Crippen LogP contribution >= 0.6 is 15.9 Å². The van der Waals surface area contributed by atoms with Crippen LogP contribution in [-0.2, 0) is 27.4 Å². The van der Waals surface area contributed by atoms with Crippen LogP contribution in [0.5, 0.6) is 0 Å². The predicted octanol–water partition coefficient (Wildman–Crippen LogP) is 4.22. The molecule has 0 fully saturated rings. The van der Waals surface area contributed by atoms with Gasteiger partial charge in [0.25, 0.3) is 0 Å². The van der Waals surface area contributed by atoms with E-state index in [1.165, 1.54) is 0 Å². The van der Waals surface area contributed by atoms with Crippen LogP contribution in [0.2, 0.25) is 0 Å². The largest absolute Gasteiger partial charge is 0.443 e. The van der Waals surface area contributed by atoms with Crippen molar-refractivity contribution < 1.29 is 19.2 Å². The Morgan fingerprint density at radius 1 is 0.931 bits per heavy atom. The summed E-state index contributed by atoms with van der Waals surface area (Å²) in [7, 11) is 0. The Bertz CT molecular complexity index is 948. The third-order valence-corrected chi connectivity index (χ3v) is 4.32. The zero-order chi connectivity index (χ0) is 20.5. The highest BCUT2D eigenvalue weighted by Crippen LogP contribution is 2.17. The lowest BCUT2D eigenvalue weighted by Crippen LogP contribution is -2.27. The molecule has 29 heavy (non-hydrogen) atoms. The number of rotatable bonds is 6. The van der Waals surface area contributed by atoms with Crippen LogP contribution in [0.15, 0.2) is 71.5 Å². The second-order valence-electron chi connectivity index (χ2n) is 6.06. The molecule has 7 nitrogen and oxygen atoms in total. The molecule has 0 saturated carbocycles. The van der Waals surface area contributed by atoms with Gasteiger partial charge < -0.3 is 9.57 Å². The molecule has 1 N–H and O–H groups in total. The number of ether oxygens (including phenoxy) is 1. The van der Waals surface area contributed by atoms with E-state index in [9.17, 15) is 9.59 Å². The maximum atomic E-state index is 11.8. The summed E-state index contributed by atoms with van der Waals surface area (Å²) in [5.41, 5.74) is 4.67. The van der Waals surface area contributed by atoms with E-state index in [0.29, 0.717) is 12.2 Å². The van der Waals surface area contributed by atoms with Crippen molar-refractivity contribution in [3.8, 4) is 11.4 Å². The molecule has 3 aromatic rings. The number of hydrogen-bond donors (Lipinski definition) is 1. The molecule has 3 rings (SSSR count). The van der Waals surface area contributed by atoms with Gasteiger partial charge in [-0.05, 0) is 33.5 Å². The monoisotopic (exact) mass is 455 g/mol. The Kier molecular flexibility index (Phi) is 7.29. The third kappa shape index (κ3) is 6.69. The third-order valence-electron chi connectivity index (χ3n) is 3.91. The first-order chi connectivity index (χ1) is 14.1. The first-order valence-electron chi connectivity index (χ1n) is 8.83. The minimum atomic E-state index is -0.818. The fourth-order valence-electron chi connectivity index (χ4n) is 2.43. The molecular weight excluding hydrogens is 438 g/mol. The standard InChI is InChI=1S/C21H18BrN3O4/c22-18-12-23-20(24-13-18)17-9-6-15(7-10-17)8-11-19(26)29-25-21(27)28-14-16-4-2-1-3-5-16/h1-7,9-10,12-13H,8,11,14H2,(H,25,27). The van der Waals surface area contributed by atoms with E-state index in [4.69, 9.17) is 9.57 Å². The van der Waals surface area contributed by atoms with E-state index < -0.39 is 12.1 Å². The van der Waals surface area contributed by atoms with Crippen LogP contribution in [0.3, 0.4) is 0 Å². The smallest absolute Gasteiger partial charge is 0.441 e. The van der Waals surface area contributed by atoms with E-state index in [1.54, 1.807) is 12.4 Å². The van der Waals surface area contributed by atoms with Crippen molar-refractivity contribution in [1.29, 1.82) is 0 Å². The van der Waals surface area contributed by atoms with Crippen LogP contribution in [0.25, 0.3) is 11.4 Å². The molecule has 0 bridgehead atoms. The van der Waals surface area contributed by atoms with E-state index in [1.807, 2.05) is 60.1 Å². The number of nitrogens with one attached hydrogen (secondary N) is 1. The maximum absolute atomic E-state index is 11.8. The van der Waals surface area contributed by atoms with Gasteiger partial charge in [-0.15, -0.1) is 5.48 Å². The highest BCUT2D eigenvalue weighted by Gasteiger charge is 2.09. The van der Waals surface area contributed by atoms with Crippen LogP contribution in [0.4, 0.5) is 4.79 Å². The van der Waals surface area contributed by atoms with Crippen molar-refractivity contribution in [3.05, 3.63) is 82.6 Å². The number of benzene rings is 2. The summed E-state index contributed by atoms with van der Waals surface area (Å²) in [6, 6.07) is 16.8. The van der Waals surface area contributed by atoms with Gasteiger partial charge in [0.05, 0.1) is 10.9 Å². The molecule has 0 spiro atoms. The Balaban J connectivity index is 1.38. The van der Waals surface area contributed by atoms with Gasteiger partial charge >= 0.3 is 12.1 Å². The highest BCUT2D eigenvalue weighted by atomic mass is 79.9. The van der Waals surface area contributed by atoms with Gasteiger partial charge in [-0.25, -0.2) is 19.6 Å². The van der Waals surface area contributed by atoms with Crippen LogP contribution in [0.1, 0.15) is 17.5 Å². The molecule has 0 atom stereocenters. The molecule has 0 unspecified atom stereocenters. The molecule has 1 heterocycles. The van der Waals surface area contributed by atoms with E-state index in [2.05, 4.69) is 25.9 Å². The van der Waals surface area contributed by atoms with Gasteiger partial charge in [-0.2, -0.15) is 0 Å². The molecule has 0 saturated heterocycles. The Morgan fingerprint density at radius 3 is 2.31 bits per heavy atom. The normalized spacial score (nSPS) is 10.2. The number of nitrogens with zero attached hydrogens (tertiary/aromatic N) is 2. The first-order valence-corrected chi connectivity index (χ1v) is 9.62. The van der Waals surface area contributed by atoms with E-state index in [-0.39, 0.29) is 13.0 Å². The van der Waals surface area contributed by atoms with E-state index >= 15 is 0 Å². The SMILES string of the molecule is O=C(CCc1ccc(-c2ncc(Br)cn2)cc1)ONC(=O)OCc1ccccc1. The second kappa shape index (κ2) is 10.3. The van der Waals surface area contributed by atoms with Gasteiger partial charge in [-0.1, -0.05) is 54.6 Å². The van der Waals surface area contributed by atoms with E-state index in [0.717, 1.165) is 21.2 Å². The van der Waals surface area contributed by atoms with Gasteiger partial charge in [-0.3, -0.25) is 0 Å². The van der Waals surface area contributed by atoms with Crippen molar-refractivity contribution in [2.45, 2.75) is 19.4 Å². The van der Waals surface area contributed by atoms with Gasteiger partial charge in [0.15, 0.2) is 5.82 Å². The zero-order valence-corrected chi connectivity index (χ0v) is 17.0. The molecule has 0 radical (unpaired) electrons. The van der Waals surface area contributed by atoms with Gasteiger partial charge in [0, 0.05) is 18.0 Å². The molecule has 2 aromatic carbocycles. The number of carbonyl (C=O) groups is 2. The predicted molar refractivity (Wildman–Crippen MR) is 109 cm³/mol. The summed E-state index contributed by atoms with van der Waals surface area (Å²) in [4.78, 5) is 36.6. The molecule has 8 heteroatoms. The quantitative estimate of drug-likeness (QED) is 0.559. The Hall–Kier alpha value is -3.26. The Labute approximate surface area is 176 Å². The number of carbonyl (C=O) groups excluding carboxylic acids is 2. The number of hydroxylamine groups is 1. The average molecular weight is 456 g/mol. The number of hydrogen-bond acceptors (Lipinski definition) is 6. The lowest BCUT2D eigenvalue weighted by molar-refractivity contribution is -0.149. The maximum Gasteiger partial charge on any atom is 0.441 e. The fourth-order valence-corrected chi connectivity index (χ4v) is 2.64. The van der Waals surface area contributed by atoms with Crippen LogP contribution in [-0.4, -0.2) is 22.0 Å². The molecule has 1 amide bonds. The fraction of sp³-hybridized carbons (Fsp3) is 0.143. The number of aryl methyl sites for hydroxylation is 1. The first kappa shape index (κ1) is 20.5. The van der Waals surface area contributed by atoms with Crippen LogP contribution in [0, 0.1) is 0 Å². The minimum Gasteiger partial charge on any atom is -0.443 e. The average Bonchev–Trinajstić information content (AvgIpc) is 2.76. The zero-order valence-electron chi connectivity index (χ0n) is 15.4. The summed E-state index contributed by atoms with van der Waals surface area (Å²) in [5.74, 6) is 0.0688. The summed E-state index contributed by atoms with van der Waals surface area (Å²) in [5, 5.41) is 0. The Morgan fingerprint density at radius 2 is 1.62 bits per heavy atom. The number of halogens is 1. The summed E-state index contributed by atoms with van der Waals surface area (Å²) >= 11 is 3.30. The number of aromatic nitrogens is 2. The lowest BCUT2D eigenvalue weighted by Gasteiger charge is -2.07. The van der Waals surface area contributed by atoms with Crippen molar-refractivity contribution in [2.24, 2.45) is 0 Å². The molecule has 1 aromatic heterocycles. The molecule has 0 aliphatic heterocycles. The molecular formula is C21H18BrN3O4. The summed E-state index contributed by atoms with van der Waals surface area (Å²) < 4.78 is 5.78. The van der Waals surface area contributed by atoms with Gasteiger partial charge in [0.2, 0.25) is 0 Å². The van der Waals surface area contributed by atoms with Crippen molar-refractivity contribution in [3.63, 3.8) is 0 Å². The van der Waals surface area contributed by atoms with Gasteiger partial charge in [0.1, 0.15) is 6.61 Å². The topological polar surface area (TPSA) is 90.4 Å². The number of amides is 1. The molecule has 0 aliphatic rings. The van der Waals surface area contributed by atoms with Crippen molar-refractivity contribution in [1.82, 2.24) is 15.4 Å².